The number of nitrogens with zero attached hydrogens (tertiary/aromatic N) is 2. The van der Waals surface area contributed by atoms with Crippen molar-refractivity contribution >= 4 is 5.96 Å². The fourth-order valence-electron chi connectivity index (χ4n) is 1.24. The van der Waals surface area contributed by atoms with Crippen LogP contribution in [0.15, 0.2) is 36.1 Å². The number of guanidine groups is 1. The molecule has 1 rings (SSSR count). The first-order chi connectivity index (χ1) is 7.26. The first kappa shape index (κ1) is 11.4. The Labute approximate surface area is 90.7 Å². The van der Waals surface area contributed by atoms with Gasteiger partial charge in [-0.3, -0.25) is 4.99 Å². The molecule has 15 heavy (non-hydrogen) atoms. The summed E-state index contributed by atoms with van der Waals surface area (Å²) in [6.07, 6.45) is 5.90. The molecule has 0 spiro atoms. The molecule has 0 aromatic carbocycles. The van der Waals surface area contributed by atoms with E-state index in [4.69, 9.17) is 0 Å². The van der Waals surface area contributed by atoms with Crippen LogP contribution in [-0.4, -0.2) is 24.1 Å². The van der Waals surface area contributed by atoms with E-state index in [9.17, 15) is 0 Å². The second kappa shape index (κ2) is 5.90. The van der Waals surface area contributed by atoms with E-state index in [0.29, 0.717) is 6.54 Å². The summed E-state index contributed by atoms with van der Waals surface area (Å²) >= 11 is 0. The maximum absolute atomic E-state index is 4.09. The Morgan fingerprint density at radius 2 is 2.40 bits per heavy atom. The predicted molar refractivity (Wildman–Crippen MR) is 63.8 cm³/mol. The van der Waals surface area contributed by atoms with Crippen LogP contribution in [0.5, 0.6) is 0 Å². The molecule has 0 amide bonds. The summed E-state index contributed by atoms with van der Waals surface area (Å²) in [5, 5.41) is 6.32. The Morgan fingerprint density at radius 1 is 1.60 bits per heavy atom. The lowest BCUT2D eigenvalue weighted by molar-refractivity contribution is 0.839. The maximum atomic E-state index is 4.09. The van der Waals surface area contributed by atoms with E-state index in [1.807, 2.05) is 17.8 Å². The first-order valence-corrected chi connectivity index (χ1v) is 4.92. The Balaban J connectivity index is 2.37. The number of nitrogens with one attached hydrogen (secondary N) is 2. The number of rotatable bonds is 4. The summed E-state index contributed by atoms with van der Waals surface area (Å²) in [4.78, 5) is 4.09. The molecule has 1 aromatic rings. The average molecular weight is 206 g/mol. The highest BCUT2D eigenvalue weighted by Gasteiger charge is 1.97. The van der Waals surface area contributed by atoms with Crippen LogP contribution in [-0.2, 0) is 13.6 Å². The fourth-order valence-corrected chi connectivity index (χ4v) is 1.24. The molecule has 2 N–H and O–H groups in total. The van der Waals surface area contributed by atoms with Gasteiger partial charge in [0.05, 0.1) is 0 Å². The number of aliphatic imine (C=N–C) groups is 1. The van der Waals surface area contributed by atoms with Gasteiger partial charge in [-0.05, 0) is 11.6 Å². The molecule has 82 valence electrons. The quantitative estimate of drug-likeness (QED) is 0.436. The zero-order valence-electron chi connectivity index (χ0n) is 9.33. The van der Waals surface area contributed by atoms with Gasteiger partial charge in [-0.2, -0.15) is 0 Å². The van der Waals surface area contributed by atoms with Crippen molar-refractivity contribution in [3.8, 4) is 0 Å². The molecule has 0 radical (unpaired) electrons. The molecular formula is C11H18N4. The Bertz CT molecular complexity index is 338. The molecule has 0 aliphatic rings. The largest absolute Gasteiger partial charge is 0.357 e. The van der Waals surface area contributed by atoms with E-state index in [1.54, 1.807) is 13.1 Å². The van der Waals surface area contributed by atoms with Crippen LogP contribution >= 0.6 is 0 Å². The van der Waals surface area contributed by atoms with E-state index in [1.165, 1.54) is 5.56 Å². The van der Waals surface area contributed by atoms with Gasteiger partial charge in [0, 0.05) is 39.6 Å². The van der Waals surface area contributed by atoms with Crippen molar-refractivity contribution in [3.63, 3.8) is 0 Å². The van der Waals surface area contributed by atoms with Crippen LogP contribution in [0.1, 0.15) is 5.56 Å². The van der Waals surface area contributed by atoms with Crippen LogP contribution in [0.3, 0.4) is 0 Å². The molecule has 0 bridgehead atoms. The highest BCUT2D eigenvalue weighted by Crippen LogP contribution is 1.97. The molecule has 1 heterocycles. The minimum Gasteiger partial charge on any atom is -0.357 e. The highest BCUT2D eigenvalue weighted by molar-refractivity contribution is 5.79. The van der Waals surface area contributed by atoms with Crippen LogP contribution < -0.4 is 10.6 Å². The highest BCUT2D eigenvalue weighted by atomic mass is 15.2. The number of aromatic nitrogens is 1. The smallest absolute Gasteiger partial charge is 0.191 e. The summed E-state index contributed by atoms with van der Waals surface area (Å²) in [7, 11) is 3.76. The van der Waals surface area contributed by atoms with Crippen molar-refractivity contribution in [1.82, 2.24) is 15.2 Å². The number of hydrogen-bond acceptors (Lipinski definition) is 1. The van der Waals surface area contributed by atoms with Crippen molar-refractivity contribution in [2.75, 3.05) is 13.6 Å². The minimum atomic E-state index is 0.717. The van der Waals surface area contributed by atoms with E-state index in [-0.39, 0.29) is 0 Å². The SMILES string of the molecule is C=CCNC(=NC)NCc1ccn(C)c1. The lowest BCUT2D eigenvalue weighted by Gasteiger charge is -2.09. The van der Waals surface area contributed by atoms with Crippen LogP contribution in [0.4, 0.5) is 0 Å². The van der Waals surface area contributed by atoms with Gasteiger partial charge in [0.1, 0.15) is 0 Å². The standard InChI is InChI=1S/C11H18N4/c1-4-6-13-11(12-2)14-8-10-5-7-15(3)9-10/h4-5,7,9H,1,6,8H2,2-3H3,(H2,12,13,14). The van der Waals surface area contributed by atoms with E-state index in [2.05, 4.69) is 34.5 Å². The lowest BCUT2D eigenvalue weighted by atomic mass is 10.3. The van der Waals surface area contributed by atoms with E-state index < -0.39 is 0 Å². The van der Waals surface area contributed by atoms with Gasteiger partial charge >= 0.3 is 0 Å². The third-order valence-electron chi connectivity index (χ3n) is 1.99. The lowest BCUT2D eigenvalue weighted by Crippen LogP contribution is -2.36. The molecular weight excluding hydrogens is 188 g/mol. The van der Waals surface area contributed by atoms with Crippen molar-refractivity contribution in [2.45, 2.75) is 6.54 Å². The molecule has 0 aliphatic carbocycles. The maximum Gasteiger partial charge on any atom is 0.191 e. The van der Waals surface area contributed by atoms with Crippen LogP contribution in [0.2, 0.25) is 0 Å². The number of hydrogen-bond donors (Lipinski definition) is 2. The van der Waals surface area contributed by atoms with Gasteiger partial charge in [-0.15, -0.1) is 6.58 Å². The second-order valence-corrected chi connectivity index (χ2v) is 3.28. The summed E-state index contributed by atoms with van der Waals surface area (Å²) in [5.41, 5.74) is 1.24. The molecule has 0 unspecified atom stereocenters. The molecule has 0 aliphatic heterocycles. The van der Waals surface area contributed by atoms with Crippen LogP contribution in [0, 0.1) is 0 Å². The molecule has 4 heteroatoms. The third-order valence-corrected chi connectivity index (χ3v) is 1.99. The summed E-state index contributed by atoms with van der Waals surface area (Å²) in [6.45, 7) is 5.13. The minimum absolute atomic E-state index is 0.717. The van der Waals surface area contributed by atoms with Gasteiger partial charge < -0.3 is 15.2 Å². The van der Waals surface area contributed by atoms with Gasteiger partial charge in [-0.25, -0.2) is 0 Å². The van der Waals surface area contributed by atoms with Crippen molar-refractivity contribution in [1.29, 1.82) is 0 Å². The Morgan fingerprint density at radius 3 is 2.93 bits per heavy atom. The van der Waals surface area contributed by atoms with Gasteiger partial charge in [0.15, 0.2) is 5.96 Å². The number of aryl methyl sites for hydroxylation is 1. The molecule has 0 saturated heterocycles. The zero-order valence-corrected chi connectivity index (χ0v) is 9.33. The molecule has 1 aromatic heterocycles. The van der Waals surface area contributed by atoms with Crippen molar-refractivity contribution in [2.24, 2.45) is 12.0 Å². The molecule has 0 fully saturated rings. The monoisotopic (exact) mass is 206 g/mol. The van der Waals surface area contributed by atoms with Crippen LogP contribution in [0.25, 0.3) is 0 Å². The van der Waals surface area contributed by atoms with Crippen molar-refractivity contribution < 1.29 is 0 Å². The predicted octanol–water partition coefficient (Wildman–Crippen LogP) is 0.876. The zero-order chi connectivity index (χ0) is 11.1. The summed E-state index contributed by atoms with van der Waals surface area (Å²) in [6, 6.07) is 2.08. The first-order valence-electron chi connectivity index (χ1n) is 4.92. The Hall–Kier alpha value is -1.71. The topological polar surface area (TPSA) is 41.4 Å². The fraction of sp³-hybridized carbons (Fsp3) is 0.364. The molecule has 4 nitrogen and oxygen atoms in total. The summed E-state index contributed by atoms with van der Waals surface area (Å²) < 4.78 is 2.02. The third kappa shape index (κ3) is 3.89. The van der Waals surface area contributed by atoms with Crippen molar-refractivity contribution in [3.05, 3.63) is 36.7 Å². The second-order valence-electron chi connectivity index (χ2n) is 3.28. The Kier molecular flexibility index (Phi) is 4.47. The van der Waals surface area contributed by atoms with Gasteiger partial charge in [0.25, 0.3) is 0 Å². The van der Waals surface area contributed by atoms with Gasteiger partial charge in [0.2, 0.25) is 0 Å². The molecule has 0 atom stereocenters. The normalized spacial score (nSPS) is 11.2. The summed E-state index contributed by atoms with van der Waals surface area (Å²) in [5.74, 6) is 0.791. The molecule has 0 saturated carbocycles. The van der Waals surface area contributed by atoms with Gasteiger partial charge in [-0.1, -0.05) is 6.08 Å². The van der Waals surface area contributed by atoms with E-state index >= 15 is 0 Å². The average Bonchev–Trinajstić information content (AvgIpc) is 2.65. The van der Waals surface area contributed by atoms with E-state index in [0.717, 1.165) is 12.5 Å².